The molecule has 0 spiro atoms. The number of carbonyl (C=O) groups excluding carboxylic acids is 2. The van der Waals surface area contributed by atoms with Crippen LogP contribution in [-0.4, -0.2) is 55.7 Å². The van der Waals surface area contributed by atoms with Gasteiger partial charge in [-0.2, -0.15) is 4.39 Å². The van der Waals surface area contributed by atoms with Crippen LogP contribution in [0.5, 0.6) is 0 Å². The van der Waals surface area contributed by atoms with E-state index >= 15 is 0 Å². The molecule has 0 amide bonds. The standard InChI is InChI=1S/C29H30FN2O4/c1-32(20-22-6-10-25(11-7-22)29(34)36-3)16-13-23(14-17-32)26-12-15-31(27(30)18-26)19-21-4-8-24(9-5-21)28(33)35-2/h4-14,16,18H,15,17,19-20H2,1-3H3/q+1. The van der Waals surface area contributed by atoms with E-state index in [2.05, 4.69) is 19.3 Å². The van der Waals surface area contributed by atoms with Gasteiger partial charge >= 0.3 is 11.9 Å². The summed E-state index contributed by atoms with van der Waals surface area (Å²) >= 11 is 0. The molecule has 186 valence electrons. The number of benzene rings is 2. The Morgan fingerprint density at radius 2 is 1.47 bits per heavy atom. The van der Waals surface area contributed by atoms with Gasteiger partial charge in [-0.25, -0.2) is 9.59 Å². The van der Waals surface area contributed by atoms with Gasteiger partial charge < -0.3 is 14.4 Å². The second-order valence-electron chi connectivity index (χ2n) is 9.18. The van der Waals surface area contributed by atoms with Gasteiger partial charge in [-0.05, 0) is 59.2 Å². The Bertz CT molecular complexity index is 1260. The lowest BCUT2D eigenvalue weighted by molar-refractivity contribution is -0.868. The Kier molecular flexibility index (Phi) is 7.50. The molecule has 2 aliphatic rings. The van der Waals surface area contributed by atoms with Crippen molar-refractivity contribution in [3.05, 3.63) is 118 Å². The molecule has 0 radical (unpaired) electrons. The van der Waals surface area contributed by atoms with Crippen LogP contribution < -0.4 is 0 Å². The van der Waals surface area contributed by atoms with Crippen LogP contribution in [0.15, 0.2) is 96.1 Å². The van der Waals surface area contributed by atoms with E-state index in [-0.39, 0.29) is 11.9 Å². The van der Waals surface area contributed by atoms with Gasteiger partial charge in [0.15, 0.2) is 5.95 Å². The predicted octanol–water partition coefficient (Wildman–Crippen LogP) is 4.91. The van der Waals surface area contributed by atoms with Crippen molar-refractivity contribution in [3.8, 4) is 0 Å². The quantitative estimate of drug-likeness (QED) is 0.314. The Hall–Kier alpha value is -3.97. The zero-order valence-electron chi connectivity index (χ0n) is 20.7. The fraction of sp³-hybridized carbons (Fsp3) is 0.241. The Morgan fingerprint density at radius 1 is 0.889 bits per heavy atom. The number of likely N-dealkylation sites (N-methyl/N-ethyl adjacent to an activating group) is 1. The van der Waals surface area contributed by atoms with Crippen molar-refractivity contribution in [3.63, 3.8) is 0 Å². The number of hydrogen-bond acceptors (Lipinski definition) is 5. The minimum atomic E-state index is -0.391. The Balaban J connectivity index is 1.35. The highest BCUT2D eigenvalue weighted by Crippen LogP contribution is 2.28. The second kappa shape index (κ2) is 10.7. The van der Waals surface area contributed by atoms with Gasteiger partial charge in [0.05, 0.1) is 38.6 Å². The minimum Gasteiger partial charge on any atom is -0.465 e. The number of quaternary nitrogens is 1. The smallest absolute Gasteiger partial charge is 0.337 e. The van der Waals surface area contributed by atoms with Crippen molar-refractivity contribution in [2.24, 2.45) is 0 Å². The Labute approximate surface area is 210 Å². The van der Waals surface area contributed by atoms with E-state index in [1.54, 1.807) is 35.2 Å². The van der Waals surface area contributed by atoms with Crippen molar-refractivity contribution >= 4 is 11.9 Å². The summed E-state index contributed by atoms with van der Waals surface area (Å²) in [4.78, 5) is 24.9. The molecule has 0 aromatic heterocycles. The van der Waals surface area contributed by atoms with E-state index in [0.717, 1.165) is 35.4 Å². The topological polar surface area (TPSA) is 55.8 Å². The van der Waals surface area contributed by atoms with Crippen molar-refractivity contribution in [1.82, 2.24) is 4.90 Å². The first-order valence-electron chi connectivity index (χ1n) is 11.7. The van der Waals surface area contributed by atoms with E-state index in [4.69, 9.17) is 9.47 Å². The molecule has 1 unspecified atom stereocenters. The van der Waals surface area contributed by atoms with Gasteiger partial charge in [-0.3, -0.25) is 4.48 Å². The van der Waals surface area contributed by atoms with E-state index in [0.29, 0.717) is 28.7 Å². The number of nitrogens with zero attached hydrogens (tertiary/aromatic N) is 2. The molecule has 6 nitrogen and oxygen atoms in total. The van der Waals surface area contributed by atoms with Crippen molar-refractivity contribution in [1.29, 1.82) is 0 Å². The summed E-state index contributed by atoms with van der Waals surface area (Å²) in [7, 11) is 4.85. The summed E-state index contributed by atoms with van der Waals surface area (Å²) in [6.45, 7) is 2.41. The molecule has 0 saturated heterocycles. The molecule has 7 heteroatoms. The number of ether oxygens (including phenoxy) is 2. The monoisotopic (exact) mass is 489 g/mol. The lowest BCUT2D eigenvalue weighted by Gasteiger charge is -2.32. The molecule has 0 bridgehead atoms. The molecule has 2 aromatic rings. The third-order valence-corrected chi connectivity index (χ3v) is 6.45. The maximum atomic E-state index is 14.9. The van der Waals surface area contributed by atoms with Crippen LogP contribution in [-0.2, 0) is 22.6 Å². The molecule has 36 heavy (non-hydrogen) atoms. The van der Waals surface area contributed by atoms with E-state index < -0.39 is 5.97 Å². The molecule has 0 saturated carbocycles. The van der Waals surface area contributed by atoms with Gasteiger partial charge in [0.25, 0.3) is 0 Å². The first-order valence-corrected chi connectivity index (χ1v) is 11.7. The second-order valence-corrected chi connectivity index (χ2v) is 9.18. The van der Waals surface area contributed by atoms with E-state index in [1.165, 1.54) is 14.2 Å². The van der Waals surface area contributed by atoms with Gasteiger partial charge in [0.2, 0.25) is 0 Å². The molecule has 2 aliphatic heterocycles. The van der Waals surface area contributed by atoms with Crippen molar-refractivity contribution in [2.75, 3.05) is 34.4 Å². The normalized spacial score (nSPS) is 19.2. The summed E-state index contributed by atoms with van der Waals surface area (Å²) < 4.78 is 25.1. The summed E-state index contributed by atoms with van der Waals surface area (Å²) in [6, 6.07) is 14.5. The van der Waals surface area contributed by atoms with Crippen LogP contribution in [0.25, 0.3) is 0 Å². The first-order chi connectivity index (χ1) is 17.3. The highest BCUT2D eigenvalue weighted by molar-refractivity contribution is 5.89. The van der Waals surface area contributed by atoms with Gasteiger partial charge in [0.1, 0.15) is 13.1 Å². The average Bonchev–Trinajstić information content (AvgIpc) is 2.90. The molecule has 0 fully saturated rings. The van der Waals surface area contributed by atoms with E-state index in [1.807, 2.05) is 36.4 Å². The molecular weight excluding hydrogens is 459 g/mol. The summed E-state index contributed by atoms with van der Waals surface area (Å²) in [5.74, 6) is -1.02. The van der Waals surface area contributed by atoms with Crippen LogP contribution in [0.3, 0.4) is 0 Å². The number of rotatable bonds is 7. The van der Waals surface area contributed by atoms with Crippen LogP contribution in [0, 0.1) is 0 Å². The maximum absolute atomic E-state index is 14.9. The molecular formula is C29H30FN2O4+. The predicted molar refractivity (Wildman–Crippen MR) is 135 cm³/mol. The third kappa shape index (κ3) is 5.80. The minimum absolute atomic E-state index is 0.285. The summed E-state index contributed by atoms with van der Waals surface area (Å²) in [5.41, 5.74) is 4.90. The van der Waals surface area contributed by atoms with E-state index in [9.17, 15) is 14.0 Å². The van der Waals surface area contributed by atoms with Gasteiger partial charge in [-0.15, -0.1) is 0 Å². The van der Waals surface area contributed by atoms with Gasteiger partial charge in [-0.1, -0.05) is 30.3 Å². The van der Waals surface area contributed by atoms with Crippen LogP contribution in [0.4, 0.5) is 4.39 Å². The molecule has 2 aromatic carbocycles. The highest BCUT2D eigenvalue weighted by Gasteiger charge is 2.24. The third-order valence-electron chi connectivity index (χ3n) is 6.45. The zero-order chi connectivity index (χ0) is 25.7. The number of hydrogen-bond donors (Lipinski definition) is 0. The fourth-order valence-electron chi connectivity index (χ4n) is 4.31. The first kappa shape index (κ1) is 25.1. The summed E-state index contributed by atoms with van der Waals surface area (Å²) in [6.07, 6.45) is 9.92. The average molecular weight is 490 g/mol. The largest absolute Gasteiger partial charge is 0.465 e. The zero-order valence-corrected chi connectivity index (χ0v) is 20.7. The van der Waals surface area contributed by atoms with Crippen molar-refractivity contribution < 1.29 is 27.9 Å². The maximum Gasteiger partial charge on any atom is 0.337 e. The molecule has 1 atom stereocenters. The SMILES string of the molecule is COC(=O)c1ccc(CN2CC=C(C3=CC[N+](C)(Cc4ccc(C(=O)OC)cc4)C=C3)C=C2F)cc1. The number of allylic oxidation sites excluding steroid dienone is 4. The fourth-order valence-corrected chi connectivity index (χ4v) is 4.31. The molecule has 4 rings (SSSR count). The van der Waals surface area contributed by atoms with Crippen LogP contribution >= 0.6 is 0 Å². The summed E-state index contributed by atoms with van der Waals surface area (Å²) in [5, 5.41) is 0. The van der Waals surface area contributed by atoms with Crippen LogP contribution in [0.2, 0.25) is 0 Å². The van der Waals surface area contributed by atoms with Gasteiger partial charge in [0, 0.05) is 18.7 Å². The Morgan fingerprint density at radius 3 is 1.97 bits per heavy atom. The van der Waals surface area contributed by atoms with Crippen molar-refractivity contribution in [2.45, 2.75) is 13.1 Å². The number of halogens is 1. The van der Waals surface area contributed by atoms with Crippen LogP contribution in [0.1, 0.15) is 31.8 Å². The number of methoxy groups -OCH3 is 2. The molecule has 0 N–H and O–H groups in total. The molecule has 0 aliphatic carbocycles. The number of carbonyl (C=O) groups is 2. The lowest BCUT2D eigenvalue weighted by atomic mass is 10.00. The highest BCUT2D eigenvalue weighted by atomic mass is 19.1. The lowest BCUT2D eigenvalue weighted by Crippen LogP contribution is -2.39. The molecule has 2 heterocycles. The number of esters is 2.